The van der Waals surface area contributed by atoms with Crippen molar-refractivity contribution >= 4 is 41.5 Å². The van der Waals surface area contributed by atoms with E-state index in [1.807, 2.05) is 35.2 Å². The van der Waals surface area contributed by atoms with E-state index >= 15 is 0 Å². The van der Waals surface area contributed by atoms with Crippen LogP contribution < -0.4 is 29.7 Å². The zero-order chi connectivity index (χ0) is 22.2. The van der Waals surface area contributed by atoms with Crippen molar-refractivity contribution in [2.75, 3.05) is 39.8 Å². The predicted molar refractivity (Wildman–Crippen MR) is 137 cm³/mol. The first kappa shape index (κ1) is 25.6. The summed E-state index contributed by atoms with van der Waals surface area (Å²) in [5, 5.41) is 6.60. The summed E-state index contributed by atoms with van der Waals surface area (Å²) < 4.78 is 16.2. The molecule has 0 radical (unpaired) electrons. The Hall–Kier alpha value is -2.69. The quantitative estimate of drug-likeness (QED) is 0.296. The highest BCUT2D eigenvalue weighted by Gasteiger charge is 2.21. The van der Waals surface area contributed by atoms with Gasteiger partial charge in [-0.05, 0) is 30.2 Å². The fourth-order valence-electron chi connectivity index (χ4n) is 3.53. The van der Waals surface area contributed by atoms with E-state index in [2.05, 4.69) is 15.6 Å². The van der Waals surface area contributed by atoms with Crippen molar-refractivity contribution in [1.29, 1.82) is 0 Å². The number of carbonyl (C=O) groups excluding carboxylic acids is 1. The first-order chi connectivity index (χ1) is 15.1. The smallest absolute Gasteiger partial charge is 0.227 e. The topological polar surface area (TPSA) is 84.4 Å². The number of amides is 1. The van der Waals surface area contributed by atoms with Gasteiger partial charge in [0.1, 0.15) is 5.75 Å². The van der Waals surface area contributed by atoms with Crippen LogP contribution in [0.1, 0.15) is 24.0 Å². The summed E-state index contributed by atoms with van der Waals surface area (Å²) in [6.07, 6.45) is 1.56. The molecule has 1 fully saturated rings. The van der Waals surface area contributed by atoms with Crippen LogP contribution in [0, 0.1) is 0 Å². The highest BCUT2D eigenvalue weighted by atomic mass is 127. The maximum Gasteiger partial charge on any atom is 0.227 e. The Morgan fingerprint density at radius 3 is 2.16 bits per heavy atom. The summed E-state index contributed by atoms with van der Waals surface area (Å²) in [6, 6.07) is 11.7. The third kappa shape index (κ3) is 6.18. The summed E-state index contributed by atoms with van der Waals surface area (Å²) in [6.45, 7) is 1.91. The van der Waals surface area contributed by atoms with Crippen molar-refractivity contribution in [3.63, 3.8) is 0 Å². The minimum absolute atomic E-state index is 0. The molecule has 174 valence electrons. The van der Waals surface area contributed by atoms with Gasteiger partial charge in [0.15, 0.2) is 17.5 Å². The zero-order valence-electron chi connectivity index (χ0n) is 18.9. The van der Waals surface area contributed by atoms with Gasteiger partial charge in [-0.3, -0.25) is 9.79 Å². The van der Waals surface area contributed by atoms with Gasteiger partial charge < -0.3 is 29.7 Å². The second-order valence-electron chi connectivity index (χ2n) is 7.11. The summed E-state index contributed by atoms with van der Waals surface area (Å²) in [5.41, 5.74) is 2.97. The lowest BCUT2D eigenvalue weighted by atomic mass is 10.1. The number of aliphatic imine (C=N–C) groups is 1. The van der Waals surface area contributed by atoms with Gasteiger partial charge in [-0.25, -0.2) is 0 Å². The number of anilines is 1. The Kier molecular flexibility index (Phi) is 9.89. The number of ether oxygens (including phenoxy) is 3. The average molecular weight is 554 g/mol. The Labute approximate surface area is 206 Å². The minimum Gasteiger partial charge on any atom is -0.496 e. The molecule has 9 heteroatoms. The average Bonchev–Trinajstić information content (AvgIpc) is 3.24. The molecule has 1 heterocycles. The maximum absolute atomic E-state index is 11.9. The first-order valence-corrected chi connectivity index (χ1v) is 10.2. The third-order valence-electron chi connectivity index (χ3n) is 5.24. The second kappa shape index (κ2) is 12.4. The van der Waals surface area contributed by atoms with Crippen molar-refractivity contribution in [2.45, 2.75) is 25.9 Å². The van der Waals surface area contributed by atoms with Crippen molar-refractivity contribution in [1.82, 2.24) is 10.6 Å². The normalized spacial score (nSPS) is 13.4. The minimum atomic E-state index is 0. The molecule has 0 unspecified atom stereocenters. The largest absolute Gasteiger partial charge is 0.496 e. The van der Waals surface area contributed by atoms with Crippen LogP contribution in [0.2, 0.25) is 0 Å². The number of halogens is 1. The van der Waals surface area contributed by atoms with E-state index in [1.165, 1.54) is 0 Å². The van der Waals surface area contributed by atoms with Crippen LogP contribution in [-0.4, -0.2) is 46.8 Å². The molecule has 3 rings (SSSR count). The fraction of sp³-hybridized carbons (Fsp3) is 0.391. The van der Waals surface area contributed by atoms with E-state index in [0.717, 1.165) is 29.8 Å². The summed E-state index contributed by atoms with van der Waals surface area (Å²) >= 11 is 0. The van der Waals surface area contributed by atoms with Crippen LogP contribution >= 0.6 is 24.0 Å². The van der Waals surface area contributed by atoms with E-state index in [9.17, 15) is 4.79 Å². The third-order valence-corrected chi connectivity index (χ3v) is 5.24. The second-order valence-corrected chi connectivity index (χ2v) is 7.11. The van der Waals surface area contributed by atoms with E-state index in [0.29, 0.717) is 42.7 Å². The SMILES string of the molecule is CN=C(NCc1ccc(N2CCCC2=O)cc1)NCc1cc(OC)c(OC)cc1OC.I. The molecule has 1 aliphatic heterocycles. The highest BCUT2D eigenvalue weighted by molar-refractivity contribution is 14.0. The van der Waals surface area contributed by atoms with Gasteiger partial charge in [0.2, 0.25) is 5.91 Å². The van der Waals surface area contributed by atoms with Gasteiger partial charge in [-0.2, -0.15) is 0 Å². The highest BCUT2D eigenvalue weighted by Crippen LogP contribution is 2.34. The molecule has 0 atom stereocenters. The molecule has 0 aliphatic carbocycles. The predicted octanol–water partition coefficient (Wildman–Crippen LogP) is 3.32. The molecule has 1 saturated heterocycles. The number of benzene rings is 2. The van der Waals surface area contributed by atoms with Gasteiger partial charge in [0.05, 0.1) is 21.3 Å². The number of methoxy groups -OCH3 is 3. The number of nitrogens with zero attached hydrogens (tertiary/aromatic N) is 2. The summed E-state index contributed by atoms with van der Waals surface area (Å²) in [5.74, 6) is 2.81. The maximum atomic E-state index is 11.9. The molecule has 1 aliphatic rings. The van der Waals surface area contributed by atoms with Gasteiger partial charge in [0.25, 0.3) is 0 Å². The van der Waals surface area contributed by atoms with Crippen LogP contribution in [0.4, 0.5) is 5.69 Å². The fourth-order valence-corrected chi connectivity index (χ4v) is 3.53. The van der Waals surface area contributed by atoms with E-state index in [4.69, 9.17) is 14.2 Å². The molecular formula is C23H31IN4O4. The molecule has 0 spiro atoms. The Morgan fingerprint density at radius 1 is 0.969 bits per heavy atom. The number of guanidine groups is 1. The monoisotopic (exact) mass is 554 g/mol. The van der Waals surface area contributed by atoms with E-state index in [-0.39, 0.29) is 29.9 Å². The Bertz CT molecular complexity index is 934. The van der Waals surface area contributed by atoms with Crippen molar-refractivity contribution in [3.05, 3.63) is 47.5 Å². The first-order valence-electron chi connectivity index (χ1n) is 10.2. The van der Waals surface area contributed by atoms with Crippen LogP contribution in [0.3, 0.4) is 0 Å². The lowest BCUT2D eigenvalue weighted by molar-refractivity contribution is -0.117. The molecule has 8 nitrogen and oxygen atoms in total. The van der Waals surface area contributed by atoms with Gasteiger partial charge in [-0.15, -0.1) is 24.0 Å². The van der Waals surface area contributed by atoms with E-state index in [1.54, 1.807) is 34.4 Å². The van der Waals surface area contributed by atoms with Crippen LogP contribution in [0.15, 0.2) is 41.4 Å². The molecule has 0 bridgehead atoms. The number of hydrogen-bond donors (Lipinski definition) is 2. The molecule has 1 amide bonds. The number of hydrogen-bond acceptors (Lipinski definition) is 5. The van der Waals surface area contributed by atoms with Crippen molar-refractivity contribution in [2.24, 2.45) is 4.99 Å². The van der Waals surface area contributed by atoms with Crippen LogP contribution in [0.5, 0.6) is 17.2 Å². The Morgan fingerprint density at radius 2 is 1.59 bits per heavy atom. The summed E-state index contributed by atoms with van der Waals surface area (Å²) in [7, 11) is 6.55. The molecule has 2 aromatic rings. The van der Waals surface area contributed by atoms with Crippen LogP contribution in [-0.2, 0) is 17.9 Å². The molecule has 2 N–H and O–H groups in total. The number of carbonyl (C=O) groups is 1. The molecular weight excluding hydrogens is 523 g/mol. The van der Waals surface area contributed by atoms with Gasteiger partial charge in [0, 0.05) is 50.4 Å². The molecule has 0 saturated carbocycles. The van der Waals surface area contributed by atoms with Crippen LogP contribution in [0.25, 0.3) is 0 Å². The molecule has 0 aromatic heterocycles. The molecule has 32 heavy (non-hydrogen) atoms. The lowest BCUT2D eigenvalue weighted by Gasteiger charge is -2.17. The summed E-state index contributed by atoms with van der Waals surface area (Å²) in [4.78, 5) is 18.0. The zero-order valence-corrected chi connectivity index (χ0v) is 21.3. The lowest BCUT2D eigenvalue weighted by Crippen LogP contribution is -2.36. The number of rotatable bonds is 8. The molecule has 2 aromatic carbocycles. The van der Waals surface area contributed by atoms with Crippen molar-refractivity contribution < 1.29 is 19.0 Å². The van der Waals surface area contributed by atoms with Gasteiger partial charge >= 0.3 is 0 Å². The Balaban J connectivity index is 0.00000363. The van der Waals surface area contributed by atoms with E-state index < -0.39 is 0 Å². The van der Waals surface area contributed by atoms with Gasteiger partial charge in [-0.1, -0.05) is 12.1 Å². The van der Waals surface area contributed by atoms with Crippen molar-refractivity contribution in [3.8, 4) is 17.2 Å². The number of nitrogens with one attached hydrogen (secondary N) is 2. The standard InChI is InChI=1S/C23H30N4O4.HI/c1-24-23(26-15-17-12-20(30-3)21(31-4)13-19(17)29-2)25-14-16-7-9-18(10-8-16)27-11-5-6-22(27)28;/h7-10,12-13H,5-6,11,14-15H2,1-4H3,(H2,24,25,26);1H.